The SMILES string of the molecule is CCCCCCC(Br)c1ccc(OC)cc1Br. The highest BCUT2D eigenvalue weighted by Crippen LogP contribution is 2.35. The third-order valence-electron chi connectivity index (χ3n) is 2.86. The van der Waals surface area contributed by atoms with Crippen molar-refractivity contribution in [1.29, 1.82) is 0 Å². The van der Waals surface area contributed by atoms with Gasteiger partial charge in [-0.1, -0.05) is 70.5 Å². The van der Waals surface area contributed by atoms with Crippen molar-refractivity contribution in [1.82, 2.24) is 0 Å². The van der Waals surface area contributed by atoms with Gasteiger partial charge in [-0.05, 0) is 24.1 Å². The van der Waals surface area contributed by atoms with Crippen LogP contribution in [0.5, 0.6) is 5.75 Å². The van der Waals surface area contributed by atoms with Gasteiger partial charge in [0.05, 0.1) is 7.11 Å². The molecule has 96 valence electrons. The molecule has 1 atom stereocenters. The average molecular weight is 364 g/mol. The van der Waals surface area contributed by atoms with E-state index < -0.39 is 0 Å². The zero-order chi connectivity index (χ0) is 12.7. The normalized spacial score (nSPS) is 12.5. The van der Waals surface area contributed by atoms with Crippen molar-refractivity contribution in [3.63, 3.8) is 0 Å². The summed E-state index contributed by atoms with van der Waals surface area (Å²) in [6.45, 7) is 2.24. The molecule has 1 nitrogen and oxygen atoms in total. The summed E-state index contributed by atoms with van der Waals surface area (Å²) in [5.41, 5.74) is 1.31. The van der Waals surface area contributed by atoms with E-state index in [1.54, 1.807) is 7.11 Å². The van der Waals surface area contributed by atoms with Crippen LogP contribution in [0.15, 0.2) is 22.7 Å². The van der Waals surface area contributed by atoms with Crippen LogP contribution in [0.25, 0.3) is 0 Å². The van der Waals surface area contributed by atoms with Crippen LogP contribution in [0.1, 0.15) is 49.4 Å². The Morgan fingerprint density at radius 2 is 2.00 bits per heavy atom. The van der Waals surface area contributed by atoms with E-state index in [0.29, 0.717) is 4.83 Å². The fraction of sp³-hybridized carbons (Fsp3) is 0.571. The van der Waals surface area contributed by atoms with Gasteiger partial charge >= 0.3 is 0 Å². The summed E-state index contributed by atoms with van der Waals surface area (Å²) in [6, 6.07) is 6.16. The molecule has 1 aromatic rings. The van der Waals surface area contributed by atoms with Crippen molar-refractivity contribution in [2.24, 2.45) is 0 Å². The molecule has 0 bridgehead atoms. The number of hydrogen-bond donors (Lipinski definition) is 0. The molecule has 3 heteroatoms. The molecule has 0 heterocycles. The number of ether oxygens (including phenoxy) is 1. The van der Waals surface area contributed by atoms with Crippen molar-refractivity contribution < 1.29 is 4.74 Å². The van der Waals surface area contributed by atoms with Gasteiger partial charge in [0.15, 0.2) is 0 Å². The second-order valence-corrected chi connectivity index (χ2v) is 6.16. The molecule has 0 N–H and O–H groups in total. The van der Waals surface area contributed by atoms with Gasteiger partial charge in [0.25, 0.3) is 0 Å². The van der Waals surface area contributed by atoms with Crippen LogP contribution in [-0.4, -0.2) is 7.11 Å². The number of unbranched alkanes of at least 4 members (excludes halogenated alkanes) is 3. The Morgan fingerprint density at radius 1 is 1.24 bits per heavy atom. The molecule has 0 aliphatic heterocycles. The first-order valence-corrected chi connectivity index (χ1v) is 7.87. The average Bonchev–Trinajstić information content (AvgIpc) is 2.34. The van der Waals surface area contributed by atoms with Crippen LogP contribution in [-0.2, 0) is 0 Å². The Labute approximate surface area is 121 Å². The Morgan fingerprint density at radius 3 is 2.59 bits per heavy atom. The van der Waals surface area contributed by atoms with Crippen LogP contribution in [0, 0.1) is 0 Å². The van der Waals surface area contributed by atoms with E-state index in [9.17, 15) is 0 Å². The van der Waals surface area contributed by atoms with Gasteiger partial charge in [-0.25, -0.2) is 0 Å². The van der Waals surface area contributed by atoms with E-state index in [1.807, 2.05) is 12.1 Å². The van der Waals surface area contributed by atoms with Gasteiger partial charge in [-0.3, -0.25) is 0 Å². The van der Waals surface area contributed by atoms with E-state index in [2.05, 4.69) is 44.8 Å². The van der Waals surface area contributed by atoms with Gasteiger partial charge < -0.3 is 4.74 Å². The maximum atomic E-state index is 5.20. The predicted octanol–water partition coefficient (Wildman–Crippen LogP) is 5.86. The number of alkyl halides is 1. The molecule has 1 aromatic carbocycles. The Bertz CT molecular complexity index is 339. The lowest BCUT2D eigenvalue weighted by atomic mass is 10.1. The topological polar surface area (TPSA) is 9.23 Å². The van der Waals surface area contributed by atoms with Crippen molar-refractivity contribution >= 4 is 31.9 Å². The fourth-order valence-corrected chi connectivity index (χ4v) is 3.46. The molecule has 0 spiro atoms. The number of rotatable bonds is 7. The van der Waals surface area contributed by atoms with E-state index in [1.165, 1.54) is 37.7 Å². The van der Waals surface area contributed by atoms with Gasteiger partial charge in [-0.15, -0.1) is 0 Å². The minimum Gasteiger partial charge on any atom is -0.497 e. The zero-order valence-electron chi connectivity index (χ0n) is 10.5. The Hall–Kier alpha value is -0.0200. The molecule has 0 aromatic heterocycles. The first kappa shape index (κ1) is 15.0. The van der Waals surface area contributed by atoms with Gasteiger partial charge in [-0.2, -0.15) is 0 Å². The van der Waals surface area contributed by atoms with Gasteiger partial charge in [0, 0.05) is 9.30 Å². The molecule has 1 rings (SSSR count). The summed E-state index contributed by atoms with van der Waals surface area (Å²) in [6.07, 6.45) is 6.42. The molecule has 0 aliphatic carbocycles. The smallest absolute Gasteiger partial charge is 0.120 e. The van der Waals surface area contributed by atoms with Crippen molar-refractivity contribution in [2.75, 3.05) is 7.11 Å². The maximum Gasteiger partial charge on any atom is 0.120 e. The lowest BCUT2D eigenvalue weighted by Gasteiger charge is -2.13. The molecule has 0 amide bonds. The van der Waals surface area contributed by atoms with E-state index in [0.717, 1.165) is 10.2 Å². The molecule has 0 fully saturated rings. The van der Waals surface area contributed by atoms with Gasteiger partial charge in [0.1, 0.15) is 5.75 Å². The second kappa shape index (κ2) is 8.15. The maximum absolute atomic E-state index is 5.20. The quantitative estimate of drug-likeness (QED) is 0.435. The molecule has 17 heavy (non-hydrogen) atoms. The predicted molar refractivity (Wildman–Crippen MR) is 81.1 cm³/mol. The highest BCUT2D eigenvalue weighted by Gasteiger charge is 2.11. The number of halogens is 2. The summed E-state index contributed by atoms with van der Waals surface area (Å²) < 4.78 is 6.32. The summed E-state index contributed by atoms with van der Waals surface area (Å²) >= 11 is 7.37. The fourth-order valence-electron chi connectivity index (χ4n) is 1.79. The summed E-state index contributed by atoms with van der Waals surface area (Å²) in [5.74, 6) is 0.895. The first-order valence-electron chi connectivity index (χ1n) is 6.16. The third kappa shape index (κ3) is 5.01. The molecule has 0 aliphatic rings. The van der Waals surface area contributed by atoms with Crippen LogP contribution < -0.4 is 4.74 Å². The van der Waals surface area contributed by atoms with Crippen molar-refractivity contribution in [3.05, 3.63) is 28.2 Å². The molecular weight excluding hydrogens is 344 g/mol. The van der Waals surface area contributed by atoms with Crippen LogP contribution >= 0.6 is 31.9 Å². The van der Waals surface area contributed by atoms with Crippen molar-refractivity contribution in [3.8, 4) is 5.75 Å². The summed E-state index contributed by atoms with van der Waals surface area (Å²) in [4.78, 5) is 0.430. The minimum absolute atomic E-state index is 0.430. The lowest BCUT2D eigenvalue weighted by Crippen LogP contribution is -1.93. The molecule has 0 saturated heterocycles. The minimum atomic E-state index is 0.430. The Kier molecular flexibility index (Phi) is 7.21. The first-order chi connectivity index (χ1) is 8.19. The van der Waals surface area contributed by atoms with Crippen molar-refractivity contribution in [2.45, 2.75) is 43.9 Å². The van der Waals surface area contributed by atoms with E-state index >= 15 is 0 Å². The van der Waals surface area contributed by atoms with E-state index in [-0.39, 0.29) is 0 Å². The highest BCUT2D eigenvalue weighted by atomic mass is 79.9. The summed E-state index contributed by atoms with van der Waals surface area (Å²) in [7, 11) is 1.69. The monoisotopic (exact) mass is 362 g/mol. The molecule has 0 saturated carbocycles. The van der Waals surface area contributed by atoms with Gasteiger partial charge in [0.2, 0.25) is 0 Å². The number of methoxy groups -OCH3 is 1. The van der Waals surface area contributed by atoms with Crippen LogP contribution in [0.4, 0.5) is 0 Å². The molecule has 1 unspecified atom stereocenters. The molecular formula is C14H20Br2O. The zero-order valence-corrected chi connectivity index (χ0v) is 13.7. The largest absolute Gasteiger partial charge is 0.497 e. The van der Waals surface area contributed by atoms with Crippen LogP contribution in [0.3, 0.4) is 0 Å². The highest BCUT2D eigenvalue weighted by molar-refractivity contribution is 9.11. The third-order valence-corrected chi connectivity index (χ3v) is 4.49. The molecule has 0 radical (unpaired) electrons. The second-order valence-electron chi connectivity index (χ2n) is 4.20. The standard InChI is InChI=1S/C14H20Br2O/c1-3-4-5-6-7-13(15)12-9-8-11(17-2)10-14(12)16/h8-10,13H,3-7H2,1-2H3. The lowest BCUT2D eigenvalue weighted by molar-refractivity contribution is 0.414. The number of hydrogen-bond acceptors (Lipinski definition) is 1. The number of benzene rings is 1. The summed E-state index contributed by atoms with van der Waals surface area (Å²) in [5, 5.41) is 0. The van der Waals surface area contributed by atoms with Crippen LogP contribution in [0.2, 0.25) is 0 Å². The van der Waals surface area contributed by atoms with E-state index in [4.69, 9.17) is 4.74 Å². The Balaban J connectivity index is 2.53.